The van der Waals surface area contributed by atoms with Crippen molar-refractivity contribution in [2.75, 3.05) is 0 Å². The molecule has 0 aliphatic heterocycles. The maximum Gasteiger partial charge on any atom is 0.0198 e. The van der Waals surface area contributed by atoms with Gasteiger partial charge in [-0.25, -0.2) is 0 Å². The van der Waals surface area contributed by atoms with Gasteiger partial charge in [-0.15, -0.1) is 59.7 Å². The topological polar surface area (TPSA) is 25.8 Å². The van der Waals surface area contributed by atoms with E-state index in [2.05, 4.69) is 68.4 Å². The van der Waals surface area contributed by atoms with Crippen molar-refractivity contribution in [2.24, 2.45) is 0 Å². The summed E-state index contributed by atoms with van der Waals surface area (Å²) < 4.78 is 1.38. The van der Waals surface area contributed by atoms with E-state index in [1.807, 2.05) is 54.8 Å². The Balaban J connectivity index is 0.000000195. The molecule has 0 atom stereocenters. The minimum Gasteiger partial charge on any atom is -0.304 e. The number of thiophene rings is 1. The summed E-state index contributed by atoms with van der Waals surface area (Å²) in [6.07, 6.45) is 9.06. The standard InChI is InChI=1S/C21H22NS.C12H10N.Ir/c1-13(2)18-12-22-19(11-14(18)3)17-9-6-8-16-15-7-4-5-10-20(15)23-21(16)17;1-10-7-8-12(13-9-10)11-5-3-2-4-6-11;/h6,8,11-13H,4-5,7,10H2,1-3H3;2-5,7-9H,1H3;/q2*-1;. The van der Waals surface area contributed by atoms with Gasteiger partial charge in [-0.3, -0.25) is 0 Å². The first-order chi connectivity index (χ1) is 17.5. The largest absolute Gasteiger partial charge is 0.304 e. The van der Waals surface area contributed by atoms with Crippen molar-refractivity contribution in [1.29, 1.82) is 0 Å². The number of pyridine rings is 2. The molecule has 3 aromatic heterocycles. The molecule has 1 radical (unpaired) electrons. The van der Waals surface area contributed by atoms with Crippen molar-refractivity contribution in [3.8, 4) is 22.5 Å². The van der Waals surface area contributed by atoms with Crippen molar-refractivity contribution in [3.63, 3.8) is 0 Å². The minimum atomic E-state index is 0. The first-order valence-corrected chi connectivity index (χ1v) is 13.6. The predicted molar refractivity (Wildman–Crippen MR) is 153 cm³/mol. The van der Waals surface area contributed by atoms with E-state index in [4.69, 9.17) is 4.98 Å². The second-order valence-electron chi connectivity index (χ2n) is 9.88. The molecule has 2 aromatic carbocycles. The molecule has 0 spiro atoms. The molecular formula is C33H32IrN2S-2. The predicted octanol–water partition coefficient (Wildman–Crippen LogP) is 8.93. The fourth-order valence-corrected chi connectivity index (χ4v) is 6.30. The number of aromatic nitrogens is 2. The maximum atomic E-state index is 4.76. The van der Waals surface area contributed by atoms with Gasteiger partial charge in [-0.05, 0) is 83.1 Å². The first kappa shape index (κ1) is 27.4. The normalized spacial score (nSPS) is 12.5. The third-order valence-corrected chi connectivity index (χ3v) is 8.17. The van der Waals surface area contributed by atoms with Crippen LogP contribution in [0.2, 0.25) is 0 Å². The van der Waals surface area contributed by atoms with Crippen LogP contribution < -0.4 is 0 Å². The molecule has 3 heterocycles. The van der Waals surface area contributed by atoms with Gasteiger partial charge in [-0.1, -0.05) is 43.0 Å². The Morgan fingerprint density at radius 1 is 0.865 bits per heavy atom. The summed E-state index contributed by atoms with van der Waals surface area (Å²) in [5.41, 5.74) is 9.70. The average molecular weight is 681 g/mol. The van der Waals surface area contributed by atoms with Crippen LogP contribution in [-0.2, 0) is 32.9 Å². The Morgan fingerprint density at radius 3 is 2.38 bits per heavy atom. The molecule has 0 unspecified atom stereocenters. The van der Waals surface area contributed by atoms with Crippen molar-refractivity contribution in [1.82, 2.24) is 9.97 Å². The molecule has 0 saturated heterocycles. The Hall–Kier alpha value is -2.65. The fourth-order valence-electron chi connectivity index (χ4n) is 4.90. The van der Waals surface area contributed by atoms with Crippen molar-refractivity contribution >= 4 is 21.4 Å². The molecule has 5 aromatic rings. The number of nitrogens with zero attached hydrogens (tertiary/aromatic N) is 2. The third kappa shape index (κ3) is 6.09. The van der Waals surface area contributed by atoms with Gasteiger partial charge in [0.25, 0.3) is 0 Å². The molecule has 0 saturated carbocycles. The van der Waals surface area contributed by atoms with Gasteiger partial charge in [0.15, 0.2) is 0 Å². The van der Waals surface area contributed by atoms with Crippen LogP contribution in [0, 0.1) is 26.0 Å². The number of rotatable bonds is 3. The van der Waals surface area contributed by atoms with Gasteiger partial charge in [0.1, 0.15) is 0 Å². The van der Waals surface area contributed by atoms with E-state index in [9.17, 15) is 0 Å². The second-order valence-corrected chi connectivity index (χ2v) is 11.0. The van der Waals surface area contributed by atoms with Gasteiger partial charge in [-0.2, -0.15) is 11.3 Å². The van der Waals surface area contributed by atoms with Gasteiger partial charge < -0.3 is 9.97 Å². The summed E-state index contributed by atoms with van der Waals surface area (Å²) in [5.74, 6) is 0.519. The first-order valence-electron chi connectivity index (χ1n) is 12.8. The van der Waals surface area contributed by atoms with E-state index in [0.29, 0.717) is 5.92 Å². The quantitative estimate of drug-likeness (QED) is 0.178. The van der Waals surface area contributed by atoms with Crippen LogP contribution in [0.1, 0.15) is 59.7 Å². The van der Waals surface area contributed by atoms with E-state index in [1.165, 1.54) is 58.0 Å². The summed E-state index contributed by atoms with van der Waals surface area (Å²) in [6.45, 7) is 8.68. The molecule has 1 aliphatic carbocycles. The zero-order chi connectivity index (χ0) is 25.1. The fraction of sp³-hybridized carbons (Fsp3) is 0.273. The molecule has 0 fully saturated rings. The van der Waals surface area contributed by atoms with E-state index >= 15 is 0 Å². The van der Waals surface area contributed by atoms with Crippen LogP contribution in [0.25, 0.3) is 32.6 Å². The number of aryl methyl sites for hydroxylation is 4. The molecular weight excluding hydrogens is 649 g/mol. The Kier molecular flexibility index (Phi) is 9.08. The number of benzene rings is 2. The molecule has 37 heavy (non-hydrogen) atoms. The van der Waals surface area contributed by atoms with Gasteiger partial charge in [0.2, 0.25) is 0 Å². The Morgan fingerprint density at radius 2 is 1.68 bits per heavy atom. The zero-order valence-corrected chi connectivity index (χ0v) is 25.1. The van der Waals surface area contributed by atoms with Gasteiger partial charge in [0.05, 0.1) is 0 Å². The van der Waals surface area contributed by atoms with Crippen molar-refractivity contribution < 1.29 is 20.1 Å². The maximum absolute atomic E-state index is 4.76. The summed E-state index contributed by atoms with van der Waals surface area (Å²) >= 11 is 1.97. The molecule has 1 aliphatic rings. The van der Waals surface area contributed by atoms with E-state index in [1.54, 1.807) is 10.4 Å². The summed E-state index contributed by atoms with van der Waals surface area (Å²) in [6, 6.07) is 25.1. The molecule has 0 amide bonds. The second kappa shape index (κ2) is 12.3. The Labute approximate surface area is 238 Å². The van der Waals surface area contributed by atoms with Crippen LogP contribution in [0.4, 0.5) is 0 Å². The van der Waals surface area contributed by atoms with E-state index in [-0.39, 0.29) is 20.1 Å². The van der Waals surface area contributed by atoms with Gasteiger partial charge in [0, 0.05) is 32.5 Å². The molecule has 4 heteroatoms. The van der Waals surface area contributed by atoms with Gasteiger partial charge >= 0.3 is 0 Å². The van der Waals surface area contributed by atoms with Crippen LogP contribution in [0.15, 0.2) is 67.0 Å². The summed E-state index contributed by atoms with van der Waals surface area (Å²) in [5, 5.41) is 1.44. The molecule has 0 N–H and O–H groups in total. The van der Waals surface area contributed by atoms with Crippen molar-refractivity contribution in [2.45, 2.75) is 59.3 Å². The minimum absolute atomic E-state index is 0. The number of fused-ring (bicyclic) bond motifs is 3. The summed E-state index contributed by atoms with van der Waals surface area (Å²) in [4.78, 5) is 10.7. The number of hydrogen-bond donors (Lipinski definition) is 0. The third-order valence-electron chi connectivity index (χ3n) is 6.84. The molecule has 0 bridgehead atoms. The van der Waals surface area contributed by atoms with E-state index < -0.39 is 0 Å². The van der Waals surface area contributed by atoms with Crippen LogP contribution in [0.5, 0.6) is 0 Å². The zero-order valence-electron chi connectivity index (χ0n) is 21.9. The van der Waals surface area contributed by atoms with Crippen LogP contribution >= 0.6 is 11.3 Å². The monoisotopic (exact) mass is 681 g/mol. The molecule has 191 valence electrons. The smallest absolute Gasteiger partial charge is 0.0198 e. The number of hydrogen-bond acceptors (Lipinski definition) is 3. The molecule has 6 rings (SSSR count). The SMILES string of the molecule is Cc1cc(-c2[c-]ccc3c4c(sc23)CCCC4)ncc1C(C)C.Cc1ccc(-c2[c-]cccc2)nc1.[Ir]. The molecule has 2 nitrogen and oxygen atoms in total. The Bertz CT molecular complexity index is 1470. The summed E-state index contributed by atoms with van der Waals surface area (Å²) in [7, 11) is 0. The van der Waals surface area contributed by atoms with Crippen LogP contribution in [0.3, 0.4) is 0 Å². The average Bonchev–Trinajstić information content (AvgIpc) is 3.29. The van der Waals surface area contributed by atoms with Crippen LogP contribution in [-0.4, -0.2) is 9.97 Å². The van der Waals surface area contributed by atoms with Crippen molar-refractivity contribution in [3.05, 3.63) is 106 Å². The van der Waals surface area contributed by atoms with E-state index in [0.717, 1.165) is 17.0 Å².